The number of rotatable bonds is 9. The van der Waals surface area contributed by atoms with Crippen LogP contribution in [-0.2, 0) is 16.0 Å². The first-order chi connectivity index (χ1) is 13.9. The summed E-state index contributed by atoms with van der Waals surface area (Å²) in [6, 6.07) is 8.72. The molecule has 156 valence electrons. The number of carbonyl (C=O) groups is 1. The smallest absolute Gasteiger partial charge is 0.414 e. The summed E-state index contributed by atoms with van der Waals surface area (Å²) < 4.78 is 15.5. The Balaban J connectivity index is 2.51. The summed E-state index contributed by atoms with van der Waals surface area (Å²) in [5.41, 5.74) is 7.06. The average Bonchev–Trinajstić information content (AvgIpc) is 2.67. The number of benzene rings is 1. The fourth-order valence-corrected chi connectivity index (χ4v) is 2.54. The molecule has 0 unspecified atom stereocenters. The summed E-state index contributed by atoms with van der Waals surface area (Å²) in [5, 5.41) is 11.6. The minimum absolute atomic E-state index is 0.0401. The molecule has 0 aliphatic rings. The first-order valence-corrected chi connectivity index (χ1v) is 8.93. The normalized spacial score (nSPS) is 10.4. The molecule has 10 nitrogen and oxygen atoms in total. The van der Waals surface area contributed by atoms with Crippen molar-refractivity contribution in [3.8, 4) is 5.88 Å². The van der Waals surface area contributed by atoms with Crippen LogP contribution in [0, 0.1) is 17.0 Å². The van der Waals surface area contributed by atoms with Gasteiger partial charge in [0, 0.05) is 13.2 Å². The lowest BCUT2D eigenvalue weighted by atomic mass is 10.1. The van der Waals surface area contributed by atoms with E-state index < -0.39 is 16.7 Å². The van der Waals surface area contributed by atoms with Gasteiger partial charge in [-0.15, -0.1) is 0 Å². The van der Waals surface area contributed by atoms with Crippen LogP contribution in [0.1, 0.15) is 18.1 Å². The second-order valence-corrected chi connectivity index (χ2v) is 6.08. The second kappa shape index (κ2) is 10.2. The molecule has 2 rings (SSSR count). The third-order valence-electron chi connectivity index (χ3n) is 3.94. The second-order valence-electron chi connectivity index (χ2n) is 6.08. The number of ether oxygens (including phenoxy) is 3. The zero-order valence-electron chi connectivity index (χ0n) is 16.6. The van der Waals surface area contributed by atoms with Crippen LogP contribution in [-0.4, -0.2) is 42.9 Å². The van der Waals surface area contributed by atoms with Crippen molar-refractivity contribution >= 4 is 23.3 Å². The van der Waals surface area contributed by atoms with E-state index in [2.05, 4.69) is 4.98 Å². The highest BCUT2D eigenvalue weighted by Crippen LogP contribution is 2.37. The monoisotopic (exact) mass is 404 g/mol. The molecule has 0 fully saturated rings. The van der Waals surface area contributed by atoms with Gasteiger partial charge in [-0.3, -0.25) is 15.0 Å². The molecule has 2 N–H and O–H groups in total. The Labute approximate surface area is 168 Å². The number of nitrogens with zero attached hydrogens (tertiary/aromatic N) is 3. The fraction of sp³-hybridized carbons (Fsp3) is 0.368. The average molecular weight is 404 g/mol. The minimum atomic E-state index is -0.746. The number of hydrogen-bond donors (Lipinski definition) is 1. The highest BCUT2D eigenvalue weighted by Gasteiger charge is 2.30. The summed E-state index contributed by atoms with van der Waals surface area (Å²) in [6.07, 6.45) is -0.746. The van der Waals surface area contributed by atoms with Crippen molar-refractivity contribution in [3.05, 3.63) is 51.6 Å². The molecule has 2 aromatic rings. The van der Waals surface area contributed by atoms with E-state index in [1.165, 1.54) is 13.2 Å². The van der Waals surface area contributed by atoms with Crippen LogP contribution < -0.4 is 15.4 Å². The van der Waals surface area contributed by atoms with Gasteiger partial charge in [0.15, 0.2) is 0 Å². The molecule has 1 amide bonds. The number of aryl methyl sites for hydroxylation is 1. The minimum Gasteiger partial charge on any atom is -0.475 e. The van der Waals surface area contributed by atoms with E-state index in [-0.39, 0.29) is 37.1 Å². The number of hydrogen-bond acceptors (Lipinski definition) is 8. The quantitative estimate of drug-likeness (QED) is 0.383. The first-order valence-electron chi connectivity index (χ1n) is 8.93. The van der Waals surface area contributed by atoms with Crippen LogP contribution in [0.5, 0.6) is 5.88 Å². The Morgan fingerprint density at radius 2 is 1.97 bits per heavy atom. The maximum Gasteiger partial charge on any atom is 0.414 e. The van der Waals surface area contributed by atoms with Gasteiger partial charge in [-0.2, -0.15) is 4.98 Å². The van der Waals surface area contributed by atoms with Gasteiger partial charge in [0.1, 0.15) is 12.3 Å². The molecule has 0 saturated heterocycles. The topological polar surface area (TPSA) is 130 Å². The number of nitro groups is 1. The number of pyridine rings is 1. The van der Waals surface area contributed by atoms with Gasteiger partial charge in [-0.05, 0) is 19.4 Å². The number of nitrogen functional groups attached to an aromatic ring is 1. The van der Waals surface area contributed by atoms with E-state index in [9.17, 15) is 14.9 Å². The molecule has 0 aliphatic heterocycles. The van der Waals surface area contributed by atoms with Crippen LogP contribution in [0.25, 0.3) is 0 Å². The van der Waals surface area contributed by atoms with Crippen LogP contribution in [0.15, 0.2) is 30.3 Å². The molecular formula is C19H24N4O6. The van der Waals surface area contributed by atoms with E-state index in [4.69, 9.17) is 19.9 Å². The van der Waals surface area contributed by atoms with Crippen molar-refractivity contribution in [3.63, 3.8) is 0 Å². The molecule has 29 heavy (non-hydrogen) atoms. The summed E-state index contributed by atoms with van der Waals surface area (Å²) in [6.45, 7) is 4.19. The van der Waals surface area contributed by atoms with Crippen molar-refractivity contribution in [1.82, 2.24) is 4.98 Å². The predicted molar refractivity (Wildman–Crippen MR) is 107 cm³/mol. The number of methoxy groups -OCH3 is 1. The maximum absolute atomic E-state index is 12.6. The van der Waals surface area contributed by atoms with E-state index in [0.29, 0.717) is 6.61 Å². The highest BCUT2D eigenvalue weighted by molar-refractivity contribution is 5.92. The molecular weight excluding hydrogens is 380 g/mol. The summed E-state index contributed by atoms with van der Waals surface area (Å²) >= 11 is 0. The molecule has 10 heteroatoms. The third kappa shape index (κ3) is 5.79. The molecule has 0 saturated carbocycles. The molecule has 0 aliphatic carbocycles. The van der Waals surface area contributed by atoms with E-state index in [0.717, 1.165) is 16.0 Å². The maximum atomic E-state index is 12.6. The van der Waals surface area contributed by atoms with Gasteiger partial charge < -0.3 is 19.9 Å². The largest absolute Gasteiger partial charge is 0.475 e. The number of carbonyl (C=O) groups excluding carboxylic acids is 1. The molecule has 1 heterocycles. The van der Waals surface area contributed by atoms with Gasteiger partial charge >= 0.3 is 11.8 Å². The summed E-state index contributed by atoms with van der Waals surface area (Å²) in [4.78, 5) is 28.7. The highest BCUT2D eigenvalue weighted by atomic mass is 16.6. The Morgan fingerprint density at radius 3 is 2.55 bits per heavy atom. The molecule has 0 spiro atoms. The zero-order chi connectivity index (χ0) is 21.4. The van der Waals surface area contributed by atoms with E-state index in [1.807, 2.05) is 31.2 Å². The fourth-order valence-electron chi connectivity index (χ4n) is 2.54. The van der Waals surface area contributed by atoms with Crippen LogP contribution in [0.3, 0.4) is 0 Å². The van der Waals surface area contributed by atoms with Gasteiger partial charge in [-0.1, -0.05) is 29.8 Å². The Morgan fingerprint density at radius 1 is 1.28 bits per heavy atom. The van der Waals surface area contributed by atoms with Crippen LogP contribution in [0.4, 0.5) is 22.0 Å². The Hall–Kier alpha value is -3.40. The molecule has 0 radical (unpaired) electrons. The Kier molecular flexibility index (Phi) is 7.72. The number of aromatic nitrogens is 1. The van der Waals surface area contributed by atoms with Crippen molar-refractivity contribution in [1.29, 1.82) is 0 Å². The molecule has 1 aromatic carbocycles. The van der Waals surface area contributed by atoms with Crippen molar-refractivity contribution in [2.24, 2.45) is 0 Å². The van der Waals surface area contributed by atoms with Gasteiger partial charge in [-0.25, -0.2) is 4.79 Å². The number of anilines is 2. The standard InChI is InChI=1S/C19H24N4O6/c1-4-28-19(24)22(12-14-7-5-13(2)6-8-14)15-11-16(29-10-9-27-3)21-18(20)17(15)23(25)26/h5-8,11H,4,9-10,12H2,1-3H3,(H2,20,21). The SMILES string of the molecule is CCOC(=O)N(Cc1ccc(C)cc1)c1cc(OCCOC)nc(N)c1[N+](=O)[O-]. The van der Waals surface area contributed by atoms with E-state index in [1.54, 1.807) is 6.92 Å². The molecule has 0 bridgehead atoms. The van der Waals surface area contributed by atoms with Gasteiger partial charge in [0.05, 0.1) is 24.7 Å². The van der Waals surface area contributed by atoms with Crippen molar-refractivity contribution in [2.75, 3.05) is 37.6 Å². The van der Waals surface area contributed by atoms with Gasteiger partial charge in [0.2, 0.25) is 11.7 Å². The lowest BCUT2D eigenvalue weighted by Crippen LogP contribution is -2.32. The number of amides is 1. The van der Waals surface area contributed by atoms with Crippen molar-refractivity contribution in [2.45, 2.75) is 20.4 Å². The lowest BCUT2D eigenvalue weighted by molar-refractivity contribution is -0.383. The Bertz CT molecular complexity index is 857. The lowest BCUT2D eigenvalue weighted by Gasteiger charge is -2.23. The van der Waals surface area contributed by atoms with E-state index >= 15 is 0 Å². The predicted octanol–water partition coefficient (Wildman–Crippen LogP) is 3.07. The van der Waals surface area contributed by atoms with Crippen molar-refractivity contribution < 1.29 is 23.9 Å². The van der Waals surface area contributed by atoms with Gasteiger partial charge in [0.25, 0.3) is 0 Å². The van der Waals surface area contributed by atoms with Crippen LogP contribution >= 0.6 is 0 Å². The number of nitrogens with two attached hydrogens (primary N) is 1. The molecule has 0 atom stereocenters. The van der Waals surface area contributed by atoms with Crippen LogP contribution in [0.2, 0.25) is 0 Å². The third-order valence-corrected chi connectivity index (χ3v) is 3.94. The molecule has 1 aromatic heterocycles. The zero-order valence-corrected chi connectivity index (χ0v) is 16.6. The first kappa shape index (κ1) is 21.9. The summed E-state index contributed by atoms with van der Waals surface area (Å²) in [7, 11) is 1.51. The summed E-state index contributed by atoms with van der Waals surface area (Å²) in [5.74, 6) is -0.323.